The lowest BCUT2D eigenvalue weighted by Crippen LogP contribution is -2.41. The molecule has 1 fully saturated rings. The normalized spacial score (nSPS) is 29.9. The predicted octanol–water partition coefficient (Wildman–Crippen LogP) is 2.41. The fraction of sp³-hybridized carbons (Fsp3) is 1.00. The molecule has 1 saturated carbocycles. The zero-order valence-corrected chi connectivity index (χ0v) is 12.3. The van der Waals surface area contributed by atoms with Gasteiger partial charge in [-0.05, 0) is 32.1 Å². The Morgan fingerprint density at radius 1 is 1.44 bits per heavy atom. The molecule has 0 saturated heterocycles. The summed E-state index contributed by atoms with van der Waals surface area (Å²) in [5.74, 6) is 0. The summed E-state index contributed by atoms with van der Waals surface area (Å²) in [4.78, 5) is 0. The first kappa shape index (κ1) is 14.5. The summed E-state index contributed by atoms with van der Waals surface area (Å²) in [6.07, 6.45) is 10.5. The van der Waals surface area contributed by atoms with E-state index >= 15 is 0 Å². The van der Waals surface area contributed by atoms with Crippen LogP contribution < -0.4 is 5.32 Å². The smallest absolute Gasteiger partial charge is 0.0329 e. The van der Waals surface area contributed by atoms with Crippen molar-refractivity contribution in [1.29, 1.82) is 0 Å². The first-order valence-corrected chi connectivity index (χ1v) is 9.14. The molecule has 2 nitrogen and oxygen atoms in total. The third-order valence-corrected chi connectivity index (χ3v) is 6.07. The first-order chi connectivity index (χ1) is 7.65. The quantitative estimate of drug-likeness (QED) is 0.798. The molecular weight excluding hydrogens is 238 g/mol. The molecule has 0 heterocycles. The average Bonchev–Trinajstić information content (AvgIpc) is 2.29. The van der Waals surface area contributed by atoms with Gasteiger partial charge in [0.25, 0.3) is 0 Å². The van der Waals surface area contributed by atoms with E-state index in [4.69, 9.17) is 0 Å². The minimum absolute atomic E-state index is 0.323. The fourth-order valence-electron chi connectivity index (χ4n) is 2.25. The van der Waals surface area contributed by atoms with Crippen molar-refractivity contribution in [2.24, 2.45) is 0 Å². The van der Waals surface area contributed by atoms with Gasteiger partial charge < -0.3 is 5.32 Å². The lowest BCUT2D eigenvalue weighted by Gasteiger charge is -2.31. The van der Waals surface area contributed by atoms with Crippen LogP contribution in [0.15, 0.2) is 0 Å². The first-order valence-electron chi connectivity index (χ1n) is 6.23. The van der Waals surface area contributed by atoms with E-state index < -0.39 is 10.8 Å². The van der Waals surface area contributed by atoms with Crippen LogP contribution in [0, 0.1) is 0 Å². The van der Waals surface area contributed by atoms with E-state index in [0.29, 0.717) is 11.3 Å². The van der Waals surface area contributed by atoms with Crippen molar-refractivity contribution in [2.45, 2.75) is 55.6 Å². The predicted molar refractivity (Wildman–Crippen MR) is 75.7 cm³/mol. The summed E-state index contributed by atoms with van der Waals surface area (Å²) in [6.45, 7) is 3.09. The molecule has 4 atom stereocenters. The maximum Gasteiger partial charge on any atom is 0.0329 e. The van der Waals surface area contributed by atoms with Crippen molar-refractivity contribution >= 4 is 22.6 Å². The molecule has 16 heavy (non-hydrogen) atoms. The van der Waals surface area contributed by atoms with Crippen LogP contribution in [0.25, 0.3) is 0 Å². The Balaban J connectivity index is 2.22. The topological polar surface area (TPSA) is 29.1 Å². The van der Waals surface area contributed by atoms with E-state index in [1.807, 2.05) is 11.8 Å². The monoisotopic (exact) mass is 263 g/mol. The molecule has 1 aliphatic carbocycles. The summed E-state index contributed by atoms with van der Waals surface area (Å²) in [5, 5.41) is 4.76. The van der Waals surface area contributed by atoms with Crippen molar-refractivity contribution in [3.8, 4) is 0 Å². The molecule has 0 aromatic rings. The van der Waals surface area contributed by atoms with Crippen LogP contribution in [0.5, 0.6) is 0 Å². The number of nitrogens with one attached hydrogen (secondary N) is 1. The highest BCUT2D eigenvalue weighted by Crippen LogP contribution is 2.27. The van der Waals surface area contributed by atoms with Gasteiger partial charge in [-0.1, -0.05) is 19.8 Å². The minimum atomic E-state index is -0.672. The van der Waals surface area contributed by atoms with Crippen molar-refractivity contribution < 1.29 is 4.21 Å². The highest BCUT2D eigenvalue weighted by atomic mass is 32.2. The lowest BCUT2D eigenvalue weighted by atomic mass is 9.95. The summed E-state index contributed by atoms with van der Waals surface area (Å²) >= 11 is 2.00. The van der Waals surface area contributed by atoms with Gasteiger partial charge in [-0.2, -0.15) is 11.8 Å². The maximum atomic E-state index is 11.2. The van der Waals surface area contributed by atoms with Gasteiger partial charge in [0.05, 0.1) is 0 Å². The van der Waals surface area contributed by atoms with Crippen molar-refractivity contribution in [2.75, 3.05) is 19.1 Å². The summed E-state index contributed by atoms with van der Waals surface area (Å²) < 4.78 is 11.2. The molecule has 1 rings (SSSR count). The van der Waals surface area contributed by atoms with E-state index in [2.05, 4.69) is 18.5 Å². The summed E-state index contributed by atoms with van der Waals surface area (Å²) in [7, 11) is -0.672. The van der Waals surface area contributed by atoms with E-state index in [1.54, 1.807) is 6.26 Å². The zero-order chi connectivity index (χ0) is 12.0. The molecule has 0 aromatic heterocycles. The molecule has 0 bridgehead atoms. The van der Waals surface area contributed by atoms with Crippen LogP contribution in [0.4, 0.5) is 0 Å². The Morgan fingerprint density at radius 2 is 2.12 bits per heavy atom. The molecule has 0 aliphatic heterocycles. The van der Waals surface area contributed by atoms with E-state index in [0.717, 1.165) is 18.2 Å². The van der Waals surface area contributed by atoms with Gasteiger partial charge in [0.2, 0.25) is 0 Å². The van der Waals surface area contributed by atoms with Crippen molar-refractivity contribution in [3.05, 3.63) is 0 Å². The Bertz CT molecular complexity index is 223. The molecular formula is C12H25NOS2. The van der Waals surface area contributed by atoms with E-state index in [9.17, 15) is 4.21 Å². The minimum Gasteiger partial charge on any atom is -0.313 e. The molecule has 0 radical (unpaired) electrons. The number of thioether (sulfide) groups is 1. The van der Waals surface area contributed by atoms with E-state index in [-0.39, 0.29) is 0 Å². The van der Waals surface area contributed by atoms with Crippen molar-refractivity contribution in [1.82, 2.24) is 5.32 Å². The third kappa shape index (κ3) is 4.76. The van der Waals surface area contributed by atoms with Gasteiger partial charge in [-0.15, -0.1) is 0 Å². The van der Waals surface area contributed by atoms with Gasteiger partial charge in [-0.25, -0.2) is 0 Å². The Morgan fingerprint density at radius 3 is 2.75 bits per heavy atom. The highest BCUT2D eigenvalue weighted by molar-refractivity contribution is 7.99. The molecule has 4 heteroatoms. The maximum absolute atomic E-state index is 11.2. The largest absolute Gasteiger partial charge is 0.313 e. The van der Waals surface area contributed by atoms with Gasteiger partial charge in [0, 0.05) is 33.6 Å². The Hall–Kier alpha value is 0.460. The number of hydrogen-bond acceptors (Lipinski definition) is 3. The number of rotatable bonds is 6. The molecule has 0 spiro atoms. The second-order valence-electron chi connectivity index (χ2n) is 4.72. The van der Waals surface area contributed by atoms with Crippen LogP contribution in [0.2, 0.25) is 0 Å². The SMILES string of the molecule is CSC1CCCCC1NCCC(C)S(C)=O. The van der Waals surface area contributed by atoms with Crippen LogP contribution in [-0.2, 0) is 10.8 Å². The summed E-state index contributed by atoms with van der Waals surface area (Å²) in [5.41, 5.74) is 0. The summed E-state index contributed by atoms with van der Waals surface area (Å²) in [6, 6.07) is 0.682. The fourth-order valence-corrected chi connectivity index (χ4v) is 3.66. The molecule has 96 valence electrons. The van der Waals surface area contributed by atoms with Crippen LogP contribution in [0.3, 0.4) is 0 Å². The molecule has 1 aliphatic rings. The zero-order valence-electron chi connectivity index (χ0n) is 10.7. The van der Waals surface area contributed by atoms with Gasteiger partial charge in [-0.3, -0.25) is 4.21 Å². The average molecular weight is 263 g/mol. The van der Waals surface area contributed by atoms with Gasteiger partial charge in [0.1, 0.15) is 0 Å². The molecule has 4 unspecified atom stereocenters. The second-order valence-corrected chi connectivity index (χ2v) is 7.60. The molecule has 0 aromatic carbocycles. The highest BCUT2D eigenvalue weighted by Gasteiger charge is 2.23. The standard InChI is InChI=1S/C12H25NOS2/c1-10(16(3)14)8-9-13-11-6-4-5-7-12(11)15-2/h10-13H,4-9H2,1-3H3. The van der Waals surface area contributed by atoms with Gasteiger partial charge in [0.15, 0.2) is 0 Å². The Kier molecular flexibility index (Phi) is 7.01. The second kappa shape index (κ2) is 7.72. The molecule has 0 amide bonds. The Labute approximate surface area is 107 Å². The lowest BCUT2D eigenvalue weighted by molar-refractivity contribution is 0.382. The van der Waals surface area contributed by atoms with E-state index in [1.165, 1.54) is 25.7 Å². The third-order valence-electron chi connectivity index (χ3n) is 3.53. The van der Waals surface area contributed by atoms with Crippen LogP contribution in [0.1, 0.15) is 39.0 Å². The van der Waals surface area contributed by atoms with Gasteiger partial charge >= 0.3 is 0 Å². The number of hydrogen-bond donors (Lipinski definition) is 1. The van der Waals surface area contributed by atoms with Crippen LogP contribution >= 0.6 is 11.8 Å². The van der Waals surface area contributed by atoms with Crippen molar-refractivity contribution in [3.63, 3.8) is 0 Å². The molecule has 1 N–H and O–H groups in total. The van der Waals surface area contributed by atoms with Crippen LogP contribution in [-0.4, -0.2) is 39.8 Å².